The second-order valence-corrected chi connectivity index (χ2v) is 6.93. The molecule has 0 radical (unpaired) electrons. The summed E-state index contributed by atoms with van der Waals surface area (Å²) in [5.41, 5.74) is 2.37. The average molecular weight is 370 g/mol. The first-order valence-corrected chi connectivity index (χ1v) is 9.44. The molecule has 0 spiro atoms. The minimum Gasteiger partial charge on any atom is -0.491 e. The van der Waals surface area contributed by atoms with Gasteiger partial charge in [0, 0.05) is 31.4 Å². The van der Waals surface area contributed by atoms with Gasteiger partial charge in [-0.15, -0.1) is 0 Å². The lowest BCUT2D eigenvalue weighted by Crippen LogP contribution is -2.28. The number of hydrogen-bond donors (Lipinski definition) is 2. The molecular weight excluding hydrogens is 340 g/mol. The highest BCUT2D eigenvalue weighted by Crippen LogP contribution is 2.20. The van der Waals surface area contributed by atoms with Crippen LogP contribution in [0.4, 0.5) is 5.69 Å². The number of aliphatic hydroxyl groups is 1. The van der Waals surface area contributed by atoms with Crippen molar-refractivity contribution < 1.29 is 14.6 Å². The fourth-order valence-electron chi connectivity index (χ4n) is 2.81. The molecule has 0 aliphatic rings. The number of anilines is 1. The van der Waals surface area contributed by atoms with Gasteiger partial charge in [-0.2, -0.15) is 0 Å². The van der Waals surface area contributed by atoms with Crippen molar-refractivity contribution in [2.75, 3.05) is 25.0 Å². The van der Waals surface area contributed by atoms with E-state index in [9.17, 15) is 9.90 Å². The van der Waals surface area contributed by atoms with Gasteiger partial charge in [-0.05, 0) is 62.2 Å². The van der Waals surface area contributed by atoms with Crippen LogP contribution in [0.3, 0.4) is 0 Å². The first-order valence-electron chi connectivity index (χ1n) is 9.44. The molecule has 146 valence electrons. The van der Waals surface area contributed by atoms with Crippen molar-refractivity contribution in [2.45, 2.75) is 39.4 Å². The molecule has 2 rings (SSSR count). The fraction of sp³-hybridized carbons (Fsp3) is 0.409. The van der Waals surface area contributed by atoms with Gasteiger partial charge in [-0.3, -0.25) is 4.79 Å². The summed E-state index contributed by atoms with van der Waals surface area (Å²) in [6.07, 6.45) is 0.344. The molecule has 27 heavy (non-hydrogen) atoms. The van der Waals surface area contributed by atoms with Crippen LogP contribution >= 0.6 is 0 Å². The maximum Gasteiger partial charge on any atom is 0.251 e. The number of ether oxygens (including phenoxy) is 1. The average Bonchev–Trinajstić information content (AvgIpc) is 2.66. The predicted octanol–water partition coefficient (Wildman–Crippen LogP) is 3.78. The van der Waals surface area contributed by atoms with Crippen molar-refractivity contribution >= 4 is 11.6 Å². The Kier molecular flexibility index (Phi) is 7.67. The van der Waals surface area contributed by atoms with Crippen molar-refractivity contribution in [3.8, 4) is 5.75 Å². The summed E-state index contributed by atoms with van der Waals surface area (Å²) in [6.45, 7) is 7.15. The number of carbonyl (C=O) groups is 1. The Morgan fingerprint density at radius 2 is 1.89 bits per heavy atom. The highest BCUT2D eigenvalue weighted by molar-refractivity contribution is 5.94. The molecule has 0 fully saturated rings. The molecule has 0 aromatic heterocycles. The van der Waals surface area contributed by atoms with Gasteiger partial charge in [0.05, 0.1) is 12.2 Å². The van der Waals surface area contributed by atoms with E-state index in [0.717, 1.165) is 18.7 Å². The highest BCUT2D eigenvalue weighted by Gasteiger charge is 2.12. The molecule has 2 N–H and O–H groups in total. The maximum absolute atomic E-state index is 12.3. The molecule has 1 atom stereocenters. The predicted molar refractivity (Wildman–Crippen MR) is 110 cm³/mol. The summed E-state index contributed by atoms with van der Waals surface area (Å²) in [7, 11) is 2.03. The third kappa shape index (κ3) is 6.29. The molecule has 0 aliphatic carbocycles. The Morgan fingerprint density at radius 3 is 2.52 bits per heavy atom. The van der Waals surface area contributed by atoms with Crippen molar-refractivity contribution in [1.82, 2.24) is 5.32 Å². The molecule has 0 bridgehead atoms. The van der Waals surface area contributed by atoms with Gasteiger partial charge in [-0.1, -0.05) is 19.1 Å². The molecule has 0 aliphatic heterocycles. The van der Waals surface area contributed by atoms with Gasteiger partial charge in [0.15, 0.2) is 0 Å². The van der Waals surface area contributed by atoms with Crippen LogP contribution in [0.2, 0.25) is 0 Å². The monoisotopic (exact) mass is 370 g/mol. The van der Waals surface area contributed by atoms with Gasteiger partial charge in [0.2, 0.25) is 0 Å². The molecule has 1 amide bonds. The van der Waals surface area contributed by atoms with Crippen LogP contribution in [-0.4, -0.2) is 37.3 Å². The quantitative estimate of drug-likeness (QED) is 0.705. The summed E-state index contributed by atoms with van der Waals surface area (Å²) in [6, 6.07) is 14.8. The second-order valence-electron chi connectivity index (χ2n) is 6.93. The van der Waals surface area contributed by atoms with Crippen LogP contribution in [0, 0.1) is 0 Å². The zero-order chi connectivity index (χ0) is 19.8. The number of hydrogen-bond acceptors (Lipinski definition) is 4. The van der Waals surface area contributed by atoms with Crippen molar-refractivity contribution in [3.05, 3.63) is 59.7 Å². The Labute approximate surface area is 162 Å². The smallest absolute Gasteiger partial charge is 0.251 e. The van der Waals surface area contributed by atoms with E-state index in [-0.39, 0.29) is 18.6 Å². The topological polar surface area (TPSA) is 61.8 Å². The molecule has 0 saturated heterocycles. The largest absolute Gasteiger partial charge is 0.491 e. The van der Waals surface area contributed by atoms with E-state index < -0.39 is 6.10 Å². The van der Waals surface area contributed by atoms with Crippen LogP contribution in [0.15, 0.2) is 48.5 Å². The van der Waals surface area contributed by atoms with E-state index in [1.54, 1.807) is 18.2 Å². The Bertz CT molecular complexity index is 729. The van der Waals surface area contributed by atoms with Crippen molar-refractivity contribution in [1.29, 1.82) is 0 Å². The lowest BCUT2D eigenvalue weighted by molar-refractivity contribution is 0.0916. The van der Waals surface area contributed by atoms with Gasteiger partial charge in [-0.25, -0.2) is 0 Å². The summed E-state index contributed by atoms with van der Waals surface area (Å²) in [4.78, 5) is 14.5. The third-order valence-electron chi connectivity index (χ3n) is 4.20. The number of nitrogens with zero attached hydrogens (tertiary/aromatic N) is 1. The van der Waals surface area contributed by atoms with Gasteiger partial charge < -0.3 is 20.1 Å². The SMILES string of the molecule is CCCN(C)c1ccc(C(=O)NCC(O)c2cccc(OC(C)C)c2)cc1. The Hall–Kier alpha value is -2.53. The number of rotatable bonds is 9. The summed E-state index contributed by atoms with van der Waals surface area (Å²) < 4.78 is 5.65. The normalized spacial score (nSPS) is 11.9. The van der Waals surface area contributed by atoms with Crippen LogP contribution in [0.5, 0.6) is 5.75 Å². The van der Waals surface area contributed by atoms with E-state index in [0.29, 0.717) is 16.9 Å². The third-order valence-corrected chi connectivity index (χ3v) is 4.20. The molecule has 2 aromatic carbocycles. The van der Waals surface area contributed by atoms with E-state index in [1.165, 1.54) is 0 Å². The van der Waals surface area contributed by atoms with Crippen LogP contribution < -0.4 is 15.0 Å². The summed E-state index contributed by atoms with van der Waals surface area (Å²) in [5, 5.41) is 13.2. The van der Waals surface area contributed by atoms with Crippen molar-refractivity contribution in [2.24, 2.45) is 0 Å². The Morgan fingerprint density at radius 1 is 1.19 bits per heavy atom. The maximum atomic E-state index is 12.3. The molecule has 2 aromatic rings. The second kappa shape index (κ2) is 9.97. The molecule has 1 unspecified atom stereocenters. The molecule has 5 heteroatoms. The minimum absolute atomic E-state index is 0.0661. The number of amides is 1. The number of nitrogens with one attached hydrogen (secondary N) is 1. The summed E-state index contributed by atoms with van der Waals surface area (Å²) in [5.74, 6) is 0.507. The standard InChI is InChI=1S/C22H30N2O3/c1-5-13-24(4)19-11-9-17(10-12-19)22(26)23-15-21(25)18-7-6-8-20(14-18)27-16(2)3/h6-12,14,16,21,25H,5,13,15H2,1-4H3,(H,23,26). The Balaban J connectivity index is 1.93. The van der Waals surface area contributed by atoms with E-state index >= 15 is 0 Å². The number of aliphatic hydroxyl groups excluding tert-OH is 1. The molecular formula is C22H30N2O3. The zero-order valence-electron chi connectivity index (χ0n) is 16.6. The lowest BCUT2D eigenvalue weighted by atomic mass is 10.1. The molecule has 5 nitrogen and oxygen atoms in total. The van der Waals surface area contributed by atoms with Crippen LogP contribution in [0.25, 0.3) is 0 Å². The fourth-order valence-corrected chi connectivity index (χ4v) is 2.81. The van der Waals surface area contributed by atoms with E-state index in [2.05, 4.69) is 17.1 Å². The summed E-state index contributed by atoms with van der Waals surface area (Å²) >= 11 is 0. The number of benzene rings is 2. The first kappa shape index (κ1) is 20.8. The van der Waals surface area contributed by atoms with Crippen LogP contribution in [0.1, 0.15) is 49.2 Å². The van der Waals surface area contributed by atoms with E-state index in [1.807, 2.05) is 51.2 Å². The van der Waals surface area contributed by atoms with Crippen LogP contribution in [-0.2, 0) is 0 Å². The van der Waals surface area contributed by atoms with Gasteiger partial charge >= 0.3 is 0 Å². The molecule has 0 saturated carbocycles. The van der Waals surface area contributed by atoms with Crippen molar-refractivity contribution in [3.63, 3.8) is 0 Å². The minimum atomic E-state index is -0.792. The number of carbonyl (C=O) groups excluding carboxylic acids is 1. The molecule has 0 heterocycles. The van der Waals surface area contributed by atoms with Gasteiger partial charge in [0.1, 0.15) is 5.75 Å². The highest BCUT2D eigenvalue weighted by atomic mass is 16.5. The van der Waals surface area contributed by atoms with E-state index in [4.69, 9.17) is 4.74 Å². The first-order chi connectivity index (χ1) is 12.9. The van der Waals surface area contributed by atoms with Gasteiger partial charge in [0.25, 0.3) is 5.91 Å². The zero-order valence-corrected chi connectivity index (χ0v) is 16.6. The lowest BCUT2D eigenvalue weighted by Gasteiger charge is -2.18.